The molecule has 2 rings (SSSR count). The van der Waals surface area contributed by atoms with E-state index < -0.39 is 0 Å². The van der Waals surface area contributed by atoms with Gasteiger partial charge in [0.2, 0.25) is 0 Å². The third kappa shape index (κ3) is 2.84. The number of hydrogen-bond acceptors (Lipinski definition) is 3. The van der Waals surface area contributed by atoms with Crippen LogP contribution in [0.1, 0.15) is 30.7 Å². The summed E-state index contributed by atoms with van der Waals surface area (Å²) >= 11 is 1.91. The SMILES string of the molecule is CC(C)(CN)CCN1CCc2sccc2C1. The van der Waals surface area contributed by atoms with Gasteiger partial charge in [-0.05, 0) is 48.4 Å². The van der Waals surface area contributed by atoms with Crippen LogP contribution in [0.3, 0.4) is 0 Å². The smallest absolute Gasteiger partial charge is 0.0244 e. The van der Waals surface area contributed by atoms with E-state index in [1.165, 1.54) is 25.9 Å². The van der Waals surface area contributed by atoms with E-state index in [1.807, 2.05) is 11.3 Å². The van der Waals surface area contributed by atoms with Crippen molar-refractivity contribution in [2.24, 2.45) is 11.1 Å². The normalized spacial score (nSPS) is 17.4. The molecule has 90 valence electrons. The number of nitrogens with two attached hydrogens (primary N) is 1. The Morgan fingerprint density at radius 2 is 2.31 bits per heavy atom. The molecule has 2 heterocycles. The molecule has 1 aromatic rings. The molecule has 0 saturated carbocycles. The monoisotopic (exact) mass is 238 g/mol. The minimum Gasteiger partial charge on any atom is -0.330 e. The van der Waals surface area contributed by atoms with Crippen LogP contribution in [0, 0.1) is 5.41 Å². The Morgan fingerprint density at radius 3 is 3.06 bits per heavy atom. The second-order valence-corrected chi connectivity index (χ2v) is 6.51. The van der Waals surface area contributed by atoms with Crippen LogP contribution < -0.4 is 5.73 Å². The van der Waals surface area contributed by atoms with Crippen molar-refractivity contribution < 1.29 is 0 Å². The van der Waals surface area contributed by atoms with Crippen LogP contribution in [0.15, 0.2) is 11.4 Å². The Bertz CT molecular complexity index is 343. The van der Waals surface area contributed by atoms with Gasteiger partial charge >= 0.3 is 0 Å². The molecule has 0 spiro atoms. The van der Waals surface area contributed by atoms with Crippen molar-refractivity contribution in [2.75, 3.05) is 19.6 Å². The third-order valence-electron chi connectivity index (χ3n) is 3.54. The second-order valence-electron chi connectivity index (χ2n) is 5.51. The molecule has 0 fully saturated rings. The summed E-state index contributed by atoms with van der Waals surface area (Å²) in [5.74, 6) is 0. The average molecular weight is 238 g/mol. The van der Waals surface area contributed by atoms with Crippen LogP contribution in [0.2, 0.25) is 0 Å². The summed E-state index contributed by atoms with van der Waals surface area (Å²) in [6.07, 6.45) is 2.43. The Balaban J connectivity index is 1.86. The van der Waals surface area contributed by atoms with E-state index >= 15 is 0 Å². The fourth-order valence-corrected chi connectivity index (χ4v) is 2.95. The Hall–Kier alpha value is -0.380. The number of hydrogen-bond donors (Lipinski definition) is 1. The van der Waals surface area contributed by atoms with Gasteiger partial charge in [-0.1, -0.05) is 13.8 Å². The molecule has 2 N–H and O–H groups in total. The maximum atomic E-state index is 5.77. The van der Waals surface area contributed by atoms with Crippen molar-refractivity contribution in [2.45, 2.75) is 33.2 Å². The van der Waals surface area contributed by atoms with E-state index in [-0.39, 0.29) is 5.41 Å². The van der Waals surface area contributed by atoms with Gasteiger partial charge in [0.05, 0.1) is 0 Å². The molecular weight excluding hydrogens is 216 g/mol. The minimum absolute atomic E-state index is 0.287. The second kappa shape index (κ2) is 4.86. The molecule has 3 heteroatoms. The lowest BCUT2D eigenvalue weighted by atomic mass is 9.89. The van der Waals surface area contributed by atoms with E-state index in [1.54, 1.807) is 10.4 Å². The van der Waals surface area contributed by atoms with E-state index in [4.69, 9.17) is 5.73 Å². The predicted molar refractivity (Wildman–Crippen MR) is 70.8 cm³/mol. The van der Waals surface area contributed by atoms with E-state index in [0.29, 0.717) is 0 Å². The first-order chi connectivity index (χ1) is 7.61. The van der Waals surface area contributed by atoms with Crippen LogP contribution in [-0.4, -0.2) is 24.5 Å². The van der Waals surface area contributed by atoms with Crippen LogP contribution >= 0.6 is 11.3 Å². The summed E-state index contributed by atoms with van der Waals surface area (Å²) in [6, 6.07) is 2.28. The maximum absolute atomic E-state index is 5.77. The fourth-order valence-electron chi connectivity index (χ4n) is 2.06. The molecule has 0 atom stereocenters. The van der Waals surface area contributed by atoms with Crippen molar-refractivity contribution in [1.82, 2.24) is 4.90 Å². The summed E-state index contributed by atoms with van der Waals surface area (Å²) in [6.45, 7) is 8.83. The van der Waals surface area contributed by atoms with E-state index in [0.717, 1.165) is 13.1 Å². The highest BCUT2D eigenvalue weighted by Gasteiger charge is 2.20. The molecule has 16 heavy (non-hydrogen) atoms. The van der Waals surface area contributed by atoms with Gasteiger partial charge in [-0.15, -0.1) is 11.3 Å². The standard InChI is InChI=1S/C13H22N2S/c1-13(2,10-14)5-7-15-6-3-12-11(9-15)4-8-16-12/h4,8H,3,5-7,9-10,14H2,1-2H3. The lowest BCUT2D eigenvalue weighted by molar-refractivity contribution is 0.208. The third-order valence-corrected chi connectivity index (χ3v) is 4.57. The number of nitrogens with zero attached hydrogens (tertiary/aromatic N) is 1. The Labute approximate surface area is 102 Å². The summed E-state index contributed by atoms with van der Waals surface area (Å²) in [7, 11) is 0. The average Bonchev–Trinajstić information content (AvgIpc) is 2.73. The van der Waals surface area contributed by atoms with Crippen molar-refractivity contribution in [3.05, 3.63) is 21.9 Å². The summed E-state index contributed by atoms with van der Waals surface area (Å²) in [5, 5.41) is 2.22. The summed E-state index contributed by atoms with van der Waals surface area (Å²) < 4.78 is 0. The molecule has 1 aliphatic heterocycles. The molecule has 1 aliphatic rings. The number of fused-ring (bicyclic) bond motifs is 1. The van der Waals surface area contributed by atoms with Gasteiger partial charge in [0.25, 0.3) is 0 Å². The van der Waals surface area contributed by atoms with E-state index in [2.05, 4.69) is 30.2 Å². The van der Waals surface area contributed by atoms with Gasteiger partial charge in [0.15, 0.2) is 0 Å². The zero-order chi connectivity index (χ0) is 11.6. The number of thiophene rings is 1. The molecule has 0 amide bonds. The lowest BCUT2D eigenvalue weighted by Gasteiger charge is -2.30. The highest BCUT2D eigenvalue weighted by Crippen LogP contribution is 2.25. The highest BCUT2D eigenvalue weighted by molar-refractivity contribution is 7.10. The molecule has 0 saturated heterocycles. The molecule has 0 aliphatic carbocycles. The highest BCUT2D eigenvalue weighted by atomic mass is 32.1. The zero-order valence-corrected chi connectivity index (χ0v) is 11.1. The summed E-state index contributed by atoms with van der Waals surface area (Å²) in [5.41, 5.74) is 7.60. The van der Waals surface area contributed by atoms with Gasteiger partial charge < -0.3 is 5.73 Å². The minimum atomic E-state index is 0.287. The van der Waals surface area contributed by atoms with Crippen LogP contribution in [-0.2, 0) is 13.0 Å². The molecule has 0 unspecified atom stereocenters. The topological polar surface area (TPSA) is 29.3 Å². The van der Waals surface area contributed by atoms with Crippen molar-refractivity contribution in [3.63, 3.8) is 0 Å². The molecule has 0 radical (unpaired) electrons. The van der Waals surface area contributed by atoms with Crippen LogP contribution in [0.25, 0.3) is 0 Å². The molecule has 0 bridgehead atoms. The first-order valence-corrected chi connectivity index (χ1v) is 6.96. The van der Waals surface area contributed by atoms with Crippen LogP contribution in [0.4, 0.5) is 0 Å². The first kappa shape index (κ1) is 12.1. The maximum Gasteiger partial charge on any atom is 0.0244 e. The predicted octanol–water partition coefficient (Wildman–Crippen LogP) is 2.48. The molecule has 1 aromatic heterocycles. The molecule has 2 nitrogen and oxygen atoms in total. The van der Waals surface area contributed by atoms with Gasteiger partial charge in [0, 0.05) is 18.0 Å². The van der Waals surface area contributed by atoms with Gasteiger partial charge in [-0.3, -0.25) is 4.90 Å². The Morgan fingerprint density at radius 1 is 1.50 bits per heavy atom. The Kier molecular flexibility index (Phi) is 3.67. The quantitative estimate of drug-likeness (QED) is 0.873. The molecular formula is C13H22N2S. The molecule has 0 aromatic carbocycles. The number of rotatable bonds is 4. The van der Waals surface area contributed by atoms with Crippen molar-refractivity contribution in [3.8, 4) is 0 Å². The van der Waals surface area contributed by atoms with Crippen molar-refractivity contribution >= 4 is 11.3 Å². The van der Waals surface area contributed by atoms with Gasteiger partial charge in [-0.2, -0.15) is 0 Å². The largest absolute Gasteiger partial charge is 0.330 e. The fraction of sp³-hybridized carbons (Fsp3) is 0.692. The lowest BCUT2D eigenvalue weighted by Crippen LogP contribution is -2.34. The first-order valence-electron chi connectivity index (χ1n) is 6.08. The zero-order valence-electron chi connectivity index (χ0n) is 10.3. The van der Waals surface area contributed by atoms with Gasteiger partial charge in [0.1, 0.15) is 0 Å². The van der Waals surface area contributed by atoms with Crippen molar-refractivity contribution in [1.29, 1.82) is 0 Å². The summed E-state index contributed by atoms with van der Waals surface area (Å²) in [4.78, 5) is 4.15. The van der Waals surface area contributed by atoms with Gasteiger partial charge in [-0.25, -0.2) is 0 Å². The van der Waals surface area contributed by atoms with E-state index in [9.17, 15) is 0 Å². The van der Waals surface area contributed by atoms with Crippen LogP contribution in [0.5, 0.6) is 0 Å².